The highest BCUT2D eigenvalue weighted by Crippen LogP contribution is 2.48. The fourth-order valence-corrected chi connectivity index (χ4v) is 3.40. The molecule has 1 fully saturated rings. The van der Waals surface area contributed by atoms with E-state index >= 15 is 4.39 Å². The molecule has 0 radical (unpaired) electrons. The number of nitriles is 1. The number of hydrogen-bond acceptors (Lipinski definition) is 7. The zero-order chi connectivity index (χ0) is 20.6. The summed E-state index contributed by atoms with van der Waals surface area (Å²) < 4.78 is 40.4. The number of nitrogens with zero attached hydrogens (tertiary/aromatic N) is 3. The minimum absolute atomic E-state index is 0. The molecule has 0 saturated carbocycles. The number of aliphatic imine (C=N–C) groups is 1. The van der Waals surface area contributed by atoms with Gasteiger partial charge < -0.3 is 20.5 Å². The molecule has 2 aliphatic heterocycles. The maximum Gasteiger partial charge on any atom is 0.283 e. The molecule has 1 aromatic heterocycles. The number of carbonyl (C=O) groups is 1. The van der Waals surface area contributed by atoms with Crippen LogP contribution in [0, 0.1) is 17.1 Å². The van der Waals surface area contributed by atoms with Gasteiger partial charge in [-0.1, -0.05) is 0 Å². The third kappa shape index (κ3) is 3.42. The zero-order valence-electron chi connectivity index (χ0n) is 15.4. The number of nitrogens with one attached hydrogen (secondary N) is 1. The molecule has 30 heavy (non-hydrogen) atoms. The lowest BCUT2D eigenvalue weighted by Crippen LogP contribution is -2.55. The maximum atomic E-state index is 15.5. The van der Waals surface area contributed by atoms with Crippen LogP contribution in [0.1, 0.15) is 21.6 Å². The summed E-state index contributed by atoms with van der Waals surface area (Å²) >= 11 is 0. The lowest BCUT2D eigenvalue weighted by molar-refractivity contribution is 0.00905. The van der Waals surface area contributed by atoms with E-state index in [9.17, 15) is 9.18 Å². The average Bonchev–Trinajstić information content (AvgIpc) is 3.06. The van der Waals surface area contributed by atoms with Crippen molar-refractivity contribution in [3.05, 3.63) is 59.2 Å². The number of alkyl halides is 1. The number of fused-ring (bicyclic) bond motifs is 1. The van der Waals surface area contributed by atoms with Crippen LogP contribution in [0.25, 0.3) is 0 Å². The van der Waals surface area contributed by atoms with Gasteiger partial charge in [0, 0.05) is 17.4 Å². The van der Waals surface area contributed by atoms with Crippen LogP contribution in [0.4, 0.5) is 14.5 Å². The van der Waals surface area contributed by atoms with Gasteiger partial charge in [-0.25, -0.2) is 18.8 Å². The van der Waals surface area contributed by atoms with Crippen LogP contribution in [0.5, 0.6) is 0 Å². The Hall–Kier alpha value is -3.29. The summed E-state index contributed by atoms with van der Waals surface area (Å²) in [7, 11) is 0. The minimum atomic E-state index is -2.10. The van der Waals surface area contributed by atoms with E-state index in [0.29, 0.717) is 5.56 Å². The van der Waals surface area contributed by atoms with Crippen molar-refractivity contribution >= 4 is 30.0 Å². The molecule has 2 atom stereocenters. The summed E-state index contributed by atoms with van der Waals surface area (Å²) in [6.07, 6.45) is 1.26. The van der Waals surface area contributed by atoms with E-state index in [0.717, 1.165) is 6.07 Å². The quantitative estimate of drug-likeness (QED) is 0.760. The van der Waals surface area contributed by atoms with Crippen LogP contribution < -0.4 is 11.1 Å². The van der Waals surface area contributed by atoms with E-state index < -0.39 is 29.5 Å². The third-order valence-corrected chi connectivity index (χ3v) is 4.93. The van der Waals surface area contributed by atoms with Crippen molar-refractivity contribution in [2.45, 2.75) is 11.2 Å². The maximum absolute atomic E-state index is 15.5. The average molecular weight is 436 g/mol. The molecule has 8 nitrogen and oxygen atoms in total. The molecule has 4 rings (SSSR count). The highest BCUT2D eigenvalue weighted by atomic mass is 35.5. The Morgan fingerprint density at radius 1 is 1.27 bits per heavy atom. The molecular formula is C19H16ClF2N5O3. The van der Waals surface area contributed by atoms with Crippen molar-refractivity contribution < 1.29 is 23.0 Å². The normalized spacial score (nSPS) is 24.5. The topological polar surface area (TPSA) is 123 Å². The van der Waals surface area contributed by atoms with Gasteiger partial charge in [-0.3, -0.25) is 4.79 Å². The molecule has 1 amide bonds. The summed E-state index contributed by atoms with van der Waals surface area (Å²) in [5, 5.41) is 11.4. The van der Waals surface area contributed by atoms with Gasteiger partial charge in [-0.2, -0.15) is 5.26 Å². The molecule has 3 N–H and O–H groups in total. The lowest BCUT2D eigenvalue weighted by atomic mass is 9.78. The van der Waals surface area contributed by atoms with Crippen LogP contribution in [-0.4, -0.2) is 42.4 Å². The summed E-state index contributed by atoms with van der Waals surface area (Å²) in [4.78, 5) is 20.4. The second-order valence-electron chi connectivity index (χ2n) is 6.75. The molecule has 11 heteroatoms. The predicted molar refractivity (Wildman–Crippen MR) is 104 cm³/mol. The first kappa shape index (κ1) is 21.4. The Morgan fingerprint density at radius 2 is 2.07 bits per heavy atom. The van der Waals surface area contributed by atoms with Gasteiger partial charge in [0.05, 0.1) is 18.8 Å². The fourth-order valence-electron chi connectivity index (χ4n) is 3.40. The zero-order valence-corrected chi connectivity index (χ0v) is 16.2. The van der Waals surface area contributed by atoms with Crippen molar-refractivity contribution in [3.63, 3.8) is 0 Å². The summed E-state index contributed by atoms with van der Waals surface area (Å²) in [6.45, 7) is -0.971. The smallest absolute Gasteiger partial charge is 0.283 e. The Bertz CT molecular complexity index is 1060. The second-order valence-corrected chi connectivity index (χ2v) is 6.75. The van der Waals surface area contributed by atoms with Crippen LogP contribution in [0.15, 0.2) is 41.5 Å². The molecule has 1 aromatic carbocycles. The second kappa shape index (κ2) is 7.85. The molecule has 1 saturated heterocycles. The fraction of sp³-hybridized carbons (Fsp3) is 0.263. The van der Waals surface area contributed by atoms with E-state index in [4.69, 9.17) is 20.5 Å². The Labute approximate surface area is 176 Å². The number of amidine groups is 1. The van der Waals surface area contributed by atoms with Crippen LogP contribution in [0.3, 0.4) is 0 Å². The van der Waals surface area contributed by atoms with Crippen LogP contribution >= 0.6 is 12.4 Å². The number of carbonyl (C=O) groups excluding carboxylic acids is 1. The molecule has 0 aliphatic carbocycles. The van der Waals surface area contributed by atoms with Crippen molar-refractivity contribution in [3.8, 4) is 6.07 Å². The number of nitrogens with two attached hydrogens (primary N) is 1. The third-order valence-electron chi connectivity index (χ3n) is 4.93. The van der Waals surface area contributed by atoms with Crippen LogP contribution in [0.2, 0.25) is 0 Å². The molecule has 0 unspecified atom stereocenters. The highest BCUT2D eigenvalue weighted by molar-refractivity contribution is 6.02. The number of aromatic nitrogens is 1. The first-order valence-electron chi connectivity index (χ1n) is 8.59. The van der Waals surface area contributed by atoms with Gasteiger partial charge in [0.25, 0.3) is 11.9 Å². The summed E-state index contributed by atoms with van der Waals surface area (Å²) in [6, 6.07) is 8.20. The largest absolute Gasteiger partial charge is 0.462 e. The van der Waals surface area contributed by atoms with Gasteiger partial charge in [0.2, 0.25) is 0 Å². The number of benzene rings is 1. The molecular weight excluding hydrogens is 420 g/mol. The van der Waals surface area contributed by atoms with Crippen LogP contribution in [-0.2, 0) is 15.0 Å². The lowest BCUT2D eigenvalue weighted by Gasteiger charge is -2.38. The van der Waals surface area contributed by atoms with E-state index in [-0.39, 0.29) is 48.6 Å². The first-order valence-corrected chi connectivity index (χ1v) is 8.59. The first-order chi connectivity index (χ1) is 13.9. The number of amides is 1. The van der Waals surface area contributed by atoms with Gasteiger partial charge in [0.15, 0.2) is 11.2 Å². The van der Waals surface area contributed by atoms with E-state index in [1.807, 2.05) is 6.07 Å². The SMILES string of the molecule is Cl.N#Cc1ccc(C(=O)Nc2ccc(F)c([C@]34COC[C@@]3(F)COC(N)=N4)c2)nc1. The number of pyridine rings is 1. The Balaban J connectivity index is 0.00000256. The monoisotopic (exact) mass is 435 g/mol. The van der Waals surface area contributed by atoms with Crippen molar-refractivity contribution in [1.82, 2.24) is 4.98 Å². The van der Waals surface area contributed by atoms with Gasteiger partial charge >= 0.3 is 0 Å². The summed E-state index contributed by atoms with van der Waals surface area (Å²) in [5.41, 5.74) is 2.28. The summed E-state index contributed by atoms with van der Waals surface area (Å²) in [5.74, 6) is -1.29. The van der Waals surface area contributed by atoms with E-state index in [1.54, 1.807) is 0 Å². The van der Waals surface area contributed by atoms with Crippen molar-refractivity contribution in [2.75, 3.05) is 25.1 Å². The van der Waals surface area contributed by atoms with Crippen molar-refractivity contribution in [2.24, 2.45) is 10.7 Å². The van der Waals surface area contributed by atoms with E-state index in [1.165, 1.54) is 30.5 Å². The molecule has 3 heterocycles. The molecule has 156 valence electrons. The number of rotatable bonds is 3. The van der Waals surface area contributed by atoms with Crippen molar-refractivity contribution in [1.29, 1.82) is 5.26 Å². The molecule has 2 aromatic rings. The van der Waals surface area contributed by atoms with Gasteiger partial charge in [-0.15, -0.1) is 12.4 Å². The Kier molecular flexibility index (Phi) is 5.61. The number of hydrogen-bond donors (Lipinski definition) is 2. The molecule has 0 spiro atoms. The minimum Gasteiger partial charge on any atom is -0.462 e. The van der Waals surface area contributed by atoms with Gasteiger partial charge in [-0.05, 0) is 30.3 Å². The molecule has 2 aliphatic rings. The Morgan fingerprint density at radius 3 is 2.77 bits per heavy atom. The standard InChI is InChI=1S/C19H15F2N5O3.ClH/c20-14-3-2-12(25-16(27)15-4-1-11(6-22)7-24-15)5-13(14)19-10-28-8-18(19,21)9-29-17(23)26-19;/h1-5,7H,8-10H2,(H2,23,26)(H,25,27);1H/t18-,19-;/m1./s1. The highest BCUT2D eigenvalue weighted by Gasteiger charge is 2.62. The number of halogens is 3. The molecule has 0 bridgehead atoms. The van der Waals surface area contributed by atoms with Gasteiger partial charge in [0.1, 0.15) is 24.2 Å². The number of anilines is 1. The van der Waals surface area contributed by atoms with E-state index in [2.05, 4.69) is 15.3 Å². The predicted octanol–water partition coefficient (Wildman–Crippen LogP) is 2.05. The number of ether oxygens (including phenoxy) is 2.